The van der Waals surface area contributed by atoms with Crippen LogP contribution in [0.5, 0.6) is 0 Å². The second-order valence-corrected chi connectivity index (χ2v) is 9.99. The van der Waals surface area contributed by atoms with E-state index in [9.17, 15) is 10.2 Å². The highest BCUT2D eigenvalue weighted by Crippen LogP contribution is 2.41. The van der Waals surface area contributed by atoms with Gasteiger partial charge in [0.05, 0.1) is 31.0 Å². The summed E-state index contributed by atoms with van der Waals surface area (Å²) in [5, 5.41) is 29.9. The van der Waals surface area contributed by atoms with Crippen LogP contribution >= 0.6 is 0 Å². The molecular weight excluding hydrogens is 420 g/mol. The molecule has 6 nitrogen and oxygen atoms in total. The van der Waals surface area contributed by atoms with Crippen molar-refractivity contribution >= 4 is 0 Å². The Hall–Kier alpha value is -1.02. The zero-order valence-corrected chi connectivity index (χ0v) is 20.2. The van der Waals surface area contributed by atoms with E-state index in [0.717, 1.165) is 64.4 Å². The Bertz CT molecular complexity index is 651. The number of aliphatic hydroxyl groups excluding tert-OH is 3. The monoisotopic (exact) mass is 464 g/mol. The van der Waals surface area contributed by atoms with Crippen molar-refractivity contribution in [1.29, 1.82) is 0 Å². The maximum absolute atomic E-state index is 10.5. The van der Waals surface area contributed by atoms with Crippen LogP contribution in [0.3, 0.4) is 0 Å². The topological polar surface area (TPSA) is 88.4 Å². The molecular formula is C27H44O6. The lowest BCUT2D eigenvalue weighted by Crippen LogP contribution is -2.49. The fourth-order valence-electron chi connectivity index (χ4n) is 5.18. The van der Waals surface area contributed by atoms with Gasteiger partial charge in [0, 0.05) is 32.5 Å². The number of aliphatic hydroxyl groups is 3. The van der Waals surface area contributed by atoms with Gasteiger partial charge in [0.1, 0.15) is 0 Å². The molecule has 0 saturated carbocycles. The zero-order valence-electron chi connectivity index (χ0n) is 20.2. The van der Waals surface area contributed by atoms with Gasteiger partial charge in [0.2, 0.25) is 0 Å². The molecule has 2 fully saturated rings. The number of unbranched alkanes of at least 4 members (excludes halogenated alkanes) is 1. The Morgan fingerprint density at radius 3 is 2.45 bits per heavy atom. The third-order valence-corrected chi connectivity index (χ3v) is 7.17. The van der Waals surface area contributed by atoms with Crippen LogP contribution < -0.4 is 0 Å². The van der Waals surface area contributed by atoms with E-state index in [1.165, 1.54) is 5.56 Å². The Labute approximate surface area is 199 Å². The molecule has 0 aliphatic carbocycles. The van der Waals surface area contributed by atoms with E-state index in [2.05, 4.69) is 12.1 Å². The predicted octanol–water partition coefficient (Wildman–Crippen LogP) is 4.34. The van der Waals surface area contributed by atoms with Crippen LogP contribution in [-0.4, -0.2) is 58.7 Å². The fourth-order valence-corrected chi connectivity index (χ4v) is 5.18. The van der Waals surface area contributed by atoms with Crippen molar-refractivity contribution in [2.75, 3.05) is 13.2 Å². The maximum Gasteiger partial charge on any atom is 0.169 e. The summed E-state index contributed by atoms with van der Waals surface area (Å²) in [6, 6.07) is 10.3. The van der Waals surface area contributed by atoms with E-state index in [4.69, 9.17) is 19.3 Å². The summed E-state index contributed by atoms with van der Waals surface area (Å²) in [5.74, 6) is -0.675. The summed E-state index contributed by atoms with van der Waals surface area (Å²) in [6.07, 6.45) is 8.30. The van der Waals surface area contributed by atoms with E-state index in [0.29, 0.717) is 19.4 Å². The number of ether oxygens (including phenoxy) is 3. The van der Waals surface area contributed by atoms with Gasteiger partial charge in [-0.25, -0.2) is 0 Å². The molecule has 1 spiro atoms. The Balaban J connectivity index is 1.37. The van der Waals surface area contributed by atoms with Gasteiger partial charge in [-0.15, -0.1) is 0 Å². The number of rotatable bonds is 13. The van der Waals surface area contributed by atoms with Crippen molar-refractivity contribution in [2.45, 2.75) is 114 Å². The molecule has 6 atom stereocenters. The quantitative estimate of drug-likeness (QED) is 0.377. The molecule has 0 radical (unpaired) electrons. The lowest BCUT2D eigenvalue weighted by Gasteiger charge is -2.46. The van der Waals surface area contributed by atoms with Crippen molar-refractivity contribution in [1.82, 2.24) is 0 Å². The predicted molar refractivity (Wildman–Crippen MR) is 128 cm³/mol. The van der Waals surface area contributed by atoms with Gasteiger partial charge in [0.25, 0.3) is 0 Å². The molecule has 0 amide bonds. The van der Waals surface area contributed by atoms with Gasteiger partial charge >= 0.3 is 0 Å². The smallest absolute Gasteiger partial charge is 0.169 e. The lowest BCUT2D eigenvalue weighted by atomic mass is 9.88. The van der Waals surface area contributed by atoms with E-state index in [-0.39, 0.29) is 24.7 Å². The Kier molecular flexibility index (Phi) is 11.1. The molecule has 188 valence electrons. The second-order valence-electron chi connectivity index (χ2n) is 9.99. The first-order valence-electron chi connectivity index (χ1n) is 13.0. The zero-order chi connectivity index (χ0) is 23.5. The van der Waals surface area contributed by atoms with Crippen LogP contribution in [0.4, 0.5) is 0 Å². The van der Waals surface area contributed by atoms with Gasteiger partial charge in [-0.2, -0.15) is 0 Å². The van der Waals surface area contributed by atoms with Gasteiger partial charge in [0.15, 0.2) is 5.79 Å². The summed E-state index contributed by atoms with van der Waals surface area (Å²) in [5.41, 5.74) is 1.21. The van der Waals surface area contributed by atoms with Crippen LogP contribution in [0, 0.1) is 5.92 Å². The Morgan fingerprint density at radius 1 is 1.03 bits per heavy atom. The molecule has 2 aliphatic heterocycles. The Morgan fingerprint density at radius 2 is 1.73 bits per heavy atom. The molecule has 1 aromatic carbocycles. The number of hydrogen-bond acceptors (Lipinski definition) is 6. The minimum Gasteiger partial charge on any atom is -0.396 e. The molecule has 0 aromatic heterocycles. The van der Waals surface area contributed by atoms with E-state index < -0.39 is 18.0 Å². The molecule has 0 bridgehead atoms. The third kappa shape index (κ3) is 8.61. The summed E-state index contributed by atoms with van der Waals surface area (Å²) in [4.78, 5) is 0. The molecule has 1 aromatic rings. The minimum atomic E-state index is -0.845. The fraction of sp³-hybridized carbons (Fsp3) is 0.778. The molecule has 2 aliphatic rings. The van der Waals surface area contributed by atoms with Crippen molar-refractivity contribution in [3.05, 3.63) is 35.9 Å². The van der Waals surface area contributed by atoms with Gasteiger partial charge in [-0.1, -0.05) is 37.3 Å². The first-order valence-corrected chi connectivity index (χ1v) is 13.0. The average Bonchev–Trinajstić information content (AvgIpc) is 2.82. The molecule has 3 N–H and O–H groups in total. The largest absolute Gasteiger partial charge is 0.396 e. The van der Waals surface area contributed by atoms with Crippen LogP contribution in [0.1, 0.15) is 83.1 Å². The van der Waals surface area contributed by atoms with E-state index >= 15 is 0 Å². The first-order chi connectivity index (χ1) is 16.0. The molecule has 0 unspecified atom stereocenters. The van der Waals surface area contributed by atoms with Crippen molar-refractivity contribution in [3.63, 3.8) is 0 Å². The van der Waals surface area contributed by atoms with Crippen molar-refractivity contribution in [3.8, 4) is 0 Å². The normalized spacial score (nSPS) is 28.5. The molecule has 33 heavy (non-hydrogen) atoms. The summed E-state index contributed by atoms with van der Waals surface area (Å²) < 4.78 is 18.7. The minimum absolute atomic E-state index is 0.0162. The van der Waals surface area contributed by atoms with Gasteiger partial charge < -0.3 is 29.5 Å². The standard InChI is InChI=1S/C27H44O6/c1-21(14-17-28)26(30)25(29)19-24-13-8-16-27(33-24)15-7-12-23(32-27)11-5-6-18-31-20-22-9-3-2-4-10-22/h2-4,9-10,21,23-26,28-30H,5-8,11-20H2,1H3/t21-,23-,24+,25-,26-,27+/m1/s1. The summed E-state index contributed by atoms with van der Waals surface area (Å²) >= 11 is 0. The highest BCUT2D eigenvalue weighted by molar-refractivity contribution is 5.13. The molecule has 2 saturated heterocycles. The summed E-state index contributed by atoms with van der Waals surface area (Å²) in [7, 11) is 0. The van der Waals surface area contributed by atoms with E-state index in [1.54, 1.807) is 0 Å². The van der Waals surface area contributed by atoms with Crippen molar-refractivity contribution in [2.24, 2.45) is 5.92 Å². The lowest BCUT2D eigenvalue weighted by molar-refractivity contribution is -0.318. The highest BCUT2D eigenvalue weighted by Gasteiger charge is 2.43. The molecule has 2 heterocycles. The second kappa shape index (κ2) is 13.8. The third-order valence-electron chi connectivity index (χ3n) is 7.17. The van der Waals surface area contributed by atoms with Crippen LogP contribution in [0.25, 0.3) is 0 Å². The average molecular weight is 465 g/mol. The highest BCUT2D eigenvalue weighted by atomic mass is 16.7. The first kappa shape index (κ1) is 26.6. The maximum atomic E-state index is 10.5. The number of hydrogen-bond donors (Lipinski definition) is 3. The molecule has 3 rings (SSSR count). The van der Waals surface area contributed by atoms with Crippen LogP contribution in [0.2, 0.25) is 0 Å². The van der Waals surface area contributed by atoms with E-state index in [1.807, 2.05) is 25.1 Å². The summed E-state index contributed by atoms with van der Waals surface area (Å²) in [6.45, 7) is 3.30. The van der Waals surface area contributed by atoms with Gasteiger partial charge in [-0.3, -0.25) is 0 Å². The molecule has 6 heteroatoms. The number of benzene rings is 1. The van der Waals surface area contributed by atoms with Crippen LogP contribution in [-0.2, 0) is 20.8 Å². The SMILES string of the molecule is C[C@H](CCO)[C@@H](O)[C@H](O)C[C@@H]1CCC[C@]2(CCC[C@@H](CCCCOCc3ccccc3)O2)O1. The van der Waals surface area contributed by atoms with Crippen molar-refractivity contribution < 1.29 is 29.5 Å². The van der Waals surface area contributed by atoms with Crippen LogP contribution in [0.15, 0.2) is 30.3 Å². The van der Waals surface area contributed by atoms with Gasteiger partial charge in [-0.05, 0) is 62.8 Å².